The average Bonchev–Trinajstić information content (AvgIpc) is 2.74. The molecule has 158 valence electrons. The molecular formula is C19H13Br2N5O5. The van der Waals surface area contributed by atoms with Gasteiger partial charge in [0.05, 0.1) is 25.0 Å². The van der Waals surface area contributed by atoms with Gasteiger partial charge in [0.25, 0.3) is 11.4 Å². The molecule has 31 heavy (non-hydrogen) atoms. The van der Waals surface area contributed by atoms with Crippen LogP contribution >= 0.6 is 31.9 Å². The summed E-state index contributed by atoms with van der Waals surface area (Å²) in [4.78, 5) is 24.3. The second-order valence-corrected chi connectivity index (χ2v) is 7.76. The summed E-state index contributed by atoms with van der Waals surface area (Å²) in [6, 6.07) is 12.5. The maximum Gasteiger partial charge on any atom is 0.287 e. The fourth-order valence-corrected chi connectivity index (χ4v) is 3.85. The molecule has 3 rings (SSSR count). The van der Waals surface area contributed by atoms with Crippen molar-refractivity contribution in [2.24, 2.45) is 5.10 Å². The van der Waals surface area contributed by atoms with Crippen LogP contribution in [0.5, 0.6) is 5.75 Å². The Bertz CT molecular complexity index is 1110. The molecule has 0 fully saturated rings. The number of halogens is 2. The zero-order valence-electron chi connectivity index (χ0n) is 15.6. The number of nitro benzene ring substituents is 1. The third-order valence-electron chi connectivity index (χ3n) is 3.90. The van der Waals surface area contributed by atoms with Gasteiger partial charge in [-0.15, -0.1) is 0 Å². The van der Waals surface area contributed by atoms with Crippen molar-refractivity contribution in [2.75, 3.05) is 5.43 Å². The van der Waals surface area contributed by atoms with Crippen molar-refractivity contribution in [1.29, 1.82) is 0 Å². The minimum atomic E-state index is -0.527. The maximum atomic E-state index is 10.7. The van der Waals surface area contributed by atoms with E-state index in [-0.39, 0.29) is 18.0 Å². The minimum absolute atomic E-state index is 0.0206. The van der Waals surface area contributed by atoms with Gasteiger partial charge in [0.1, 0.15) is 24.4 Å². The number of rotatable bonds is 8. The highest BCUT2D eigenvalue weighted by atomic mass is 79.9. The van der Waals surface area contributed by atoms with Gasteiger partial charge in [-0.3, -0.25) is 25.7 Å². The molecule has 2 aromatic carbocycles. The van der Waals surface area contributed by atoms with E-state index in [9.17, 15) is 20.2 Å². The van der Waals surface area contributed by atoms with E-state index in [2.05, 4.69) is 47.4 Å². The highest BCUT2D eigenvalue weighted by Crippen LogP contribution is 2.35. The molecule has 0 aliphatic heterocycles. The van der Waals surface area contributed by atoms with Crippen LogP contribution in [-0.2, 0) is 6.61 Å². The number of aromatic nitrogens is 1. The Labute approximate surface area is 192 Å². The smallest absolute Gasteiger partial charge is 0.287 e. The first-order chi connectivity index (χ1) is 14.8. The number of nitrogens with one attached hydrogen (secondary N) is 1. The lowest BCUT2D eigenvalue weighted by Crippen LogP contribution is -1.99. The first-order valence-corrected chi connectivity index (χ1v) is 10.2. The van der Waals surface area contributed by atoms with Gasteiger partial charge in [0, 0.05) is 18.2 Å². The molecule has 0 aliphatic rings. The molecule has 1 heterocycles. The van der Waals surface area contributed by atoms with Crippen LogP contribution in [0, 0.1) is 20.2 Å². The normalized spacial score (nSPS) is 10.8. The average molecular weight is 551 g/mol. The molecule has 12 heteroatoms. The second-order valence-electron chi connectivity index (χ2n) is 6.05. The van der Waals surface area contributed by atoms with E-state index >= 15 is 0 Å². The molecule has 0 radical (unpaired) electrons. The third kappa shape index (κ3) is 6.06. The number of hydrogen-bond acceptors (Lipinski definition) is 8. The quantitative estimate of drug-likeness (QED) is 0.224. The summed E-state index contributed by atoms with van der Waals surface area (Å²) in [6.45, 7) is 0.232. The van der Waals surface area contributed by atoms with Crippen molar-refractivity contribution >= 4 is 55.3 Å². The Kier molecular flexibility index (Phi) is 7.26. The molecule has 0 atom stereocenters. The molecule has 0 bridgehead atoms. The van der Waals surface area contributed by atoms with Crippen LogP contribution in [0.15, 0.2) is 68.8 Å². The van der Waals surface area contributed by atoms with Crippen molar-refractivity contribution < 1.29 is 14.6 Å². The SMILES string of the molecule is O=[N+]([O-])c1ccc(COc2c(Br)cc(/C=N/Nc3ccc([N+](=O)[O-])cn3)cc2Br)cc1. The van der Waals surface area contributed by atoms with E-state index in [1.54, 1.807) is 30.5 Å². The fourth-order valence-electron chi connectivity index (χ4n) is 2.39. The monoisotopic (exact) mass is 549 g/mol. The van der Waals surface area contributed by atoms with E-state index < -0.39 is 9.85 Å². The van der Waals surface area contributed by atoms with Crippen LogP contribution in [0.1, 0.15) is 11.1 Å². The summed E-state index contributed by atoms with van der Waals surface area (Å²) in [5.41, 5.74) is 4.15. The van der Waals surface area contributed by atoms with Gasteiger partial charge < -0.3 is 4.74 Å². The molecule has 1 aromatic heterocycles. The first kappa shape index (κ1) is 22.3. The second kappa shape index (κ2) is 10.1. The summed E-state index contributed by atoms with van der Waals surface area (Å²) in [7, 11) is 0. The van der Waals surface area contributed by atoms with E-state index in [1.807, 2.05) is 0 Å². The number of nitrogens with zero attached hydrogens (tertiary/aromatic N) is 4. The van der Waals surface area contributed by atoms with Gasteiger partial charge in [-0.1, -0.05) is 0 Å². The van der Waals surface area contributed by atoms with Crippen molar-refractivity contribution in [3.05, 3.63) is 95.0 Å². The lowest BCUT2D eigenvalue weighted by molar-refractivity contribution is -0.385. The topological polar surface area (TPSA) is 133 Å². The molecule has 0 saturated carbocycles. The third-order valence-corrected chi connectivity index (χ3v) is 5.08. The molecule has 0 aliphatic carbocycles. The van der Waals surface area contributed by atoms with Gasteiger partial charge in [-0.05, 0) is 73.3 Å². The zero-order chi connectivity index (χ0) is 22.4. The first-order valence-electron chi connectivity index (χ1n) is 8.58. The Hall–Kier alpha value is -3.38. The molecule has 3 aromatic rings. The van der Waals surface area contributed by atoms with Gasteiger partial charge in [0.15, 0.2) is 0 Å². The van der Waals surface area contributed by atoms with Gasteiger partial charge in [0.2, 0.25) is 0 Å². The summed E-state index contributed by atoms with van der Waals surface area (Å²) >= 11 is 6.92. The Balaban J connectivity index is 1.63. The van der Waals surface area contributed by atoms with Gasteiger partial charge >= 0.3 is 0 Å². The van der Waals surface area contributed by atoms with Crippen molar-refractivity contribution in [1.82, 2.24) is 4.98 Å². The van der Waals surface area contributed by atoms with E-state index in [1.165, 1.54) is 24.3 Å². The van der Waals surface area contributed by atoms with Crippen LogP contribution in [0.25, 0.3) is 0 Å². The maximum absolute atomic E-state index is 10.7. The van der Waals surface area contributed by atoms with Crippen LogP contribution < -0.4 is 10.2 Å². The number of ether oxygens (including phenoxy) is 1. The van der Waals surface area contributed by atoms with E-state index in [0.29, 0.717) is 20.5 Å². The van der Waals surface area contributed by atoms with E-state index in [0.717, 1.165) is 17.3 Å². The largest absolute Gasteiger partial charge is 0.487 e. The van der Waals surface area contributed by atoms with Crippen LogP contribution in [-0.4, -0.2) is 21.0 Å². The lowest BCUT2D eigenvalue weighted by Gasteiger charge is -2.11. The number of non-ortho nitro benzene ring substituents is 1. The van der Waals surface area contributed by atoms with Crippen molar-refractivity contribution in [3.63, 3.8) is 0 Å². The number of anilines is 1. The predicted octanol–water partition coefficient (Wildman–Crippen LogP) is 5.45. The molecule has 1 N–H and O–H groups in total. The van der Waals surface area contributed by atoms with Crippen LogP contribution in [0.4, 0.5) is 17.2 Å². The summed E-state index contributed by atoms with van der Waals surface area (Å²) in [5, 5.41) is 25.4. The predicted molar refractivity (Wildman–Crippen MR) is 121 cm³/mol. The number of hydrazone groups is 1. The van der Waals surface area contributed by atoms with Crippen LogP contribution in [0.2, 0.25) is 0 Å². The molecule has 0 spiro atoms. The number of benzene rings is 2. The Morgan fingerprint density at radius 1 is 1.00 bits per heavy atom. The Morgan fingerprint density at radius 2 is 1.61 bits per heavy atom. The molecule has 0 saturated heterocycles. The molecule has 10 nitrogen and oxygen atoms in total. The number of nitro groups is 2. The van der Waals surface area contributed by atoms with E-state index in [4.69, 9.17) is 4.74 Å². The Morgan fingerprint density at radius 3 is 2.16 bits per heavy atom. The van der Waals surface area contributed by atoms with Gasteiger partial charge in [-0.25, -0.2) is 4.98 Å². The van der Waals surface area contributed by atoms with Crippen LogP contribution in [0.3, 0.4) is 0 Å². The zero-order valence-corrected chi connectivity index (χ0v) is 18.7. The summed E-state index contributed by atoms with van der Waals surface area (Å²) in [5.74, 6) is 0.934. The standard InChI is InChI=1S/C19H13Br2N5O5/c20-16-7-13(9-23-24-18-6-5-15(10-22-18)26(29)30)8-17(21)19(16)31-11-12-1-3-14(4-2-12)25(27)28/h1-10H,11H2,(H,22,24)/b23-9+. The lowest BCUT2D eigenvalue weighted by atomic mass is 10.2. The minimum Gasteiger partial charge on any atom is -0.487 e. The summed E-state index contributed by atoms with van der Waals surface area (Å²) < 4.78 is 7.18. The number of hydrogen-bond donors (Lipinski definition) is 1. The summed E-state index contributed by atoms with van der Waals surface area (Å²) in [6.07, 6.45) is 2.70. The highest BCUT2D eigenvalue weighted by Gasteiger charge is 2.10. The highest BCUT2D eigenvalue weighted by molar-refractivity contribution is 9.11. The van der Waals surface area contributed by atoms with Crippen molar-refractivity contribution in [3.8, 4) is 5.75 Å². The van der Waals surface area contributed by atoms with Crippen molar-refractivity contribution in [2.45, 2.75) is 6.61 Å². The van der Waals surface area contributed by atoms with Gasteiger partial charge in [-0.2, -0.15) is 5.10 Å². The molecule has 0 unspecified atom stereocenters. The molecular weight excluding hydrogens is 538 g/mol. The fraction of sp³-hybridized carbons (Fsp3) is 0.0526. The molecule has 0 amide bonds. The number of pyridine rings is 1.